The summed E-state index contributed by atoms with van der Waals surface area (Å²) >= 11 is 0. The first-order valence-electron chi connectivity index (χ1n) is 8.85. The molecule has 2 aliphatic rings. The number of hydrogen-bond donors (Lipinski definition) is 1. The maximum atomic E-state index is 12.6. The Labute approximate surface area is 138 Å². The van der Waals surface area contributed by atoms with Crippen molar-refractivity contribution in [2.45, 2.75) is 26.2 Å². The molecule has 1 amide bonds. The van der Waals surface area contributed by atoms with E-state index in [0.29, 0.717) is 24.2 Å². The van der Waals surface area contributed by atoms with Crippen LogP contribution in [0.25, 0.3) is 0 Å². The van der Waals surface area contributed by atoms with Crippen molar-refractivity contribution in [1.29, 1.82) is 0 Å². The number of nitrogens with one attached hydrogen (secondary N) is 1. The van der Waals surface area contributed by atoms with Gasteiger partial charge in [-0.1, -0.05) is 6.92 Å². The van der Waals surface area contributed by atoms with Gasteiger partial charge in [0.2, 0.25) is 5.91 Å². The van der Waals surface area contributed by atoms with E-state index >= 15 is 0 Å². The van der Waals surface area contributed by atoms with Gasteiger partial charge >= 0.3 is 0 Å². The van der Waals surface area contributed by atoms with Crippen molar-refractivity contribution >= 4 is 11.6 Å². The SMILES string of the molecule is CC(CC(=O)N1CCN(c2cnn(C)c2)CC1)C1CCNCC1. The zero-order valence-corrected chi connectivity index (χ0v) is 14.4. The Morgan fingerprint density at radius 2 is 2.00 bits per heavy atom. The molecule has 2 fully saturated rings. The quantitative estimate of drug-likeness (QED) is 0.903. The fraction of sp³-hybridized carbons (Fsp3) is 0.765. The van der Waals surface area contributed by atoms with Gasteiger partial charge in [-0.15, -0.1) is 0 Å². The van der Waals surface area contributed by atoms with E-state index in [4.69, 9.17) is 0 Å². The van der Waals surface area contributed by atoms with Crippen molar-refractivity contribution in [1.82, 2.24) is 20.0 Å². The standard InChI is InChI=1S/C17H29N5O/c1-14(15-3-5-18-6-4-15)11-17(23)22-9-7-21(8-10-22)16-12-19-20(2)13-16/h12-15,18H,3-11H2,1-2H3. The van der Waals surface area contributed by atoms with Crippen LogP contribution < -0.4 is 10.2 Å². The minimum absolute atomic E-state index is 0.335. The minimum Gasteiger partial charge on any atom is -0.365 e. The third-order valence-corrected chi connectivity index (χ3v) is 5.37. The van der Waals surface area contributed by atoms with Crippen molar-refractivity contribution in [2.75, 3.05) is 44.2 Å². The van der Waals surface area contributed by atoms with Crippen LogP contribution in [0.1, 0.15) is 26.2 Å². The lowest BCUT2D eigenvalue weighted by molar-refractivity contribution is -0.132. The molecule has 1 aromatic rings. The first kappa shape index (κ1) is 16.3. The number of hydrogen-bond acceptors (Lipinski definition) is 4. The molecule has 0 aromatic carbocycles. The molecule has 6 heteroatoms. The van der Waals surface area contributed by atoms with Gasteiger partial charge in [0, 0.05) is 45.8 Å². The van der Waals surface area contributed by atoms with E-state index in [1.165, 1.54) is 12.8 Å². The van der Waals surface area contributed by atoms with Crippen LogP contribution >= 0.6 is 0 Å². The highest BCUT2D eigenvalue weighted by molar-refractivity contribution is 5.76. The van der Waals surface area contributed by atoms with Gasteiger partial charge in [0.25, 0.3) is 0 Å². The van der Waals surface area contributed by atoms with Crippen LogP contribution in [0.3, 0.4) is 0 Å². The summed E-state index contributed by atoms with van der Waals surface area (Å²) in [5.41, 5.74) is 1.16. The Morgan fingerprint density at radius 1 is 1.30 bits per heavy atom. The van der Waals surface area contributed by atoms with E-state index < -0.39 is 0 Å². The van der Waals surface area contributed by atoms with E-state index in [1.54, 1.807) is 0 Å². The van der Waals surface area contributed by atoms with E-state index in [-0.39, 0.29) is 0 Å². The second kappa shape index (κ2) is 7.34. The second-order valence-corrected chi connectivity index (χ2v) is 7.01. The van der Waals surface area contributed by atoms with Crippen LogP contribution in [0.5, 0.6) is 0 Å². The molecule has 0 bridgehead atoms. The molecule has 3 heterocycles. The second-order valence-electron chi connectivity index (χ2n) is 7.01. The van der Waals surface area contributed by atoms with E-state index in [9.17, 15) is 4.79 Å². The molecule has 0 aliphatic carbocycles. The van der Waals surface area contributed by atoms with Crippen LogP contribution in [0.2, 0.25) is 0 Å². The van der Waals surface area contributed by atoms with Gasteiger partial charge in [-0.2, -0.15) is 5.10 Å². The number of rotatable bonds is 4. The van der Waals surface area contributed by atoms with Gasteiger partial charge in [0.1, 0.15) is 0 Å². The summed E-state index contributed by atoms with van der Waals surface area (Å²) in [7, 11) is 1.94. The molecule has 0 saturated carbocycles. The number of amides is 1. The number of aryl methyl sites for hydroxylation is 1. The van der Waals surface area contributed by atoms with Crippen LogP contribution in [0, 0.1) is 11.8 Å². The first-order chi connectivity index (χ1) is 11.1. The Bertz CT molecular complexity index is 515. The summed E-state index contributed by atoms with van der Waals surface area (Å²) in [5.74, 6) is 1.54. The van der Waals surface area contributed by atoms with E-state index in [1.807, 2.05) is 29.0 Å². The molecular formula is C17H29N5O. The highest BCUT2D eigenvalue weighted by Gasteiger charge is 2.26. The molecule has 6 nitrogen and oxygen atoms in total. The molecular weight excluding hydrogens is 290 g/mol. The number of nitrogens with zero attached hydrogens (tertiary/aromatic N) is 4. The number of carbonyl (C=O) groups excluding carboxylic acids is 1. The molecule has 1 N–H and O–H groups in total. The van der Waals surface area contributed by atoms with Gasteiger partial charge in [-0.05, 0) is 37.8 Å². The normalized spacial score (nSPS) is 21.5. The topological polar surface area (TPSA) is 53.4 Å². The molecule has 128 valence electrons. The van der Waals surface area contributed by atoms with Gasteiger partial charge in [-0.3, -0.25) is 9.48 Å². The number of piperidine rings is 1. The molecule has 1 atom stereocenters. The van der Waals surface area contributed by atoms with Gasteiger partial charge < -0.3 is 15.1 Å². The lowest BCUT2D eigenvalue weighted by atomic mass is 9.84. The predicted molar refractivity (Wildman–Crippen MR) is 91.4 cm³/mol. The zero-order valence-electron chi connectivity index (χ0n) is 14.4. The highest BCUT2D eigenvalue weighted by atomic mass is 16.2. The summed E-state index contributed by atoms with van der Waals surface area (Å²) in [6.07, 6.45) is 7.07. The van der Waals surface area contributed by atoms with Crippen LogP contribution in [0.15, 0.2) is 12.4 Å². The molecule has 1 unspecified atom stereocenters. The molecule has 2 aliphatic heterocycles. The maximum absolute atomic E-state index is 12.6. The fourth-order valence-corrected chi connectivity index (χ4v) is 3.77. The van der Waals surface area contributed by atoms with Crippen molar-refractivity contribution in [3.63, 3.8) is 0 Å². The van der Waals surface area contributed by atoms with Crippen molar-refractivity contribution in [3.8, 4) is 0 Å². The van der Waals surface area contributed by atoms with Crippen LogP contribution in [-0.4, -0.2) is 59.9 Å². The summed E-state index contributed by atoms with van der Waals surface area (Å²) in [4.78, 5) is 16.9. The Balaban J connectivity index is 1.46. The van der Waals surface area contributed by atoms with Gasteiger partial charge in [-0.25, -0.2) is 0 Å². The maximum Gasteiger partial charge on any atom is 0.222 e. The Hall–Kier alpha value is -1.56. The molecule has 1 aromatic heterocycles. The lowest BCUT2D eigenvalue weighted by Crippen LogP contribution is -2.49. The summed E-state index contributed by atoms with van der Waals surface area (Å²) in [6, 6.07) is 0. The summed E-state index contributed by atoms with van der Waals surface area (Å²) in [6.45, 7) is 7.91. The Kier molecular flexibility index (Phi) is 5.20. The number of anilines is 1. The third kappa shape index (κ3) is 4.05. The molecule has 0 spiro atoms. The van der Waals surface area contributed by atoms with Crippen molar-refractivity contribution < 1.29 is 4.79 Å². The summed E-state index contributed by atoms with van der Waals surface area (Å²) < 4.78 is 1.83. The number of piperazine rings is 1. The highest BCUT2D eigenvalue weighted by Crippen LogP contribution is 2.25. The smallest absolute Gasteiger partial charge is 0.222 e. The average Bonchev–Trinajstić information content (AvgIpc) is 3.02. The van der Waals surface area contributed by atoms with Gasteiger partial charge in [0.05, 0.1) is 11.9 Å². The molecule has 0 radical (unpaired) electrons. The third-order valence-electron chi connectivity index (χ3n) is 5.37. The molecule has 3 rings (SSSR count). The van der Waals surface area contributed by atoms with Crippen LogP contribution in [0.4, 0.5) is 5.69 Å². The largest absolute Gasteiger partial charge is 0.365 e. The van der Waals surface area contributed by atoms with E-state index in [2.05, 4.69) is 22.2 Å². The fourth-order valence-electron chi connectivity index (χ4n) is 3.77. The molecule has 2 saturated heterocycles. The number of carbonyl (C=O) groups is 1. The van der Waals surface area contributed by atoms with Crippen molar-refractivity contribution in [2.24, 2.45) is 18.9 Å². The zero-order chi connectivity index (χ0) is 16.2. The summed E-state index contributed by atoms with van der Waals surface area (Å²) in [5, 5.41) is 7.63. The lowest BCUT2D eigenvalue weighted by Gasteiger charge is -2.36. The van der Waals surface area contributed by atoms with Crippen LogP contribution in [-0.2, 0) is 11.8 Å². The van der Waals surface area contributed by atoms with Gasteiger partial charge in [0.15, 0.2) is 0 Å². The Morgan fingerprint density at radius 3 is 2.61 bits per heavy atom. The van der Waals surface area contributed by atoms with E-state index in [0.717, 1.165) is 45.0 Å². The predicted octanol–water partition coefficient (Wildman–Crippen LogP) is 1.09. The first-order valence-corrected chi connectivity index (χ1v) is 8.85. The van der Waals surface area contributed by atoms with Crippen molar-refractivity contribution in [3.05, 3.63) is 12.4 Å². The monoisotopic (exact) mass is 319 g/mol. The number of aromatic nitrogens is 2. The minimum atomic E-state index is 0.335. The average molecular weight is 319 g/mol. The molecule has 23 heavy (non-hydrogen) atoms.